The monoisotopic (exact) mass is 346 g/mol. The Morgan fingerprint density at radius 3 is 2.32 bits per heavy atom. The van der Waals surface area contributed by atoms with Crippen molar-refractivity contribution < 1.29 is 14.4 Å². The molecule has 0 spiro atoms. The van der Waals surface area contributed by atoms with E-state index < -0.39 is 6.04 Å². The van der Waals surface area contributed by atoms with Crippen LogP contribution in [0.3, 0.4) is 0 Å². The molecule has 0 saturated carbocycles. The van der Waals surface area contributed by atoms with Gasteiger partial charge in [-0.2, -0.15) is 0 Å². The van der Waals surface area contributed by atoms with Gasteiger partial charge in [0.05, 0.1) is 6.54 Å². The Kier molecular flexibility index (Phi) is 6.94. The topological polar surface area (TPSA) is 81.8 Å². The average Bonchev–Trinajstić information content (AvgIpc) is 2.62. The van der Waals surface area contributed by atoms with Gasteiger partial charge in [0.2, 0.25) is 11.8 Å². The number of hydrogen-bond donors (Lipinski definition) is 2. The second kappa shape index (κ2) is 9.17. The Balaban J connectivity index is 1.76. The van der Waals surface area contributed by atoms with E-state index in [9.17, 15) is 14.4 Å². The highest BCUT2D eigenvalue weighted by molar-refractivity contribution is 5.94. The molecule has 1 fully saturated rings. The molecule has 1 saturated heterocycles. The lowest BCUT2D eigenvalue weighted by Crippen LogP contribution is -2.53. The van der Waals surface area contributed by atoms with Gasteiger partial charge in [-0.05, 0) is 26.0 Å². The third-order valence-electron chi connectivity index (χ3n) is 4.17. The summed E-state index contributed by atoms with van der Waals surface area (Å²) in [6.07, 6.45) is 0. The van der Waals surface area contributed by atoms with Gasteiger partial charge in [-0.25, -0.2) is 0 Å². The van der Waals surface area contributed by atoms with E-state index in [0.29, 0.717) is 38.3 Å². The van der Waals surface area contributed by atoms with E-state index in [0.717, 1.165) is 0 Å². The van der Waals surface area contributed by atoms with E-state index in [1.54, 1.807) is 11.8 Å². The second-order valence-corrected chi connectivity index (χ2v) is 6.12. The highest BCUT2D eigenvalue weighted by Gasteiger charge is 2.24. The molecular formula is C18H26N4O3. The van der Waals surface area contributed by atoms with Crippen molar-refractivity contribution in [3.8, 4) is 0 Å². The van der Waals surface area contributed by atoms with Gasteiger partial charge in [0, 0.05) is 38.3 Å². The predicted octanol–water partition coefficient (Wildman–Crippen LogP) is 0.0852. The SMILES string of the molecule is CCNC(=O)[C@@H](C)NC(=O)CN1CCN(C(=O)c2ccccc2)CC1. The molecule has 7 heteroatoms. The van der Waals surface area contributed by atoms with Crippen LogP contribution < -0.4 is 10.6 Å². The van der Waals surface area contributed by atoms with Crippen LogP contribution in [0.15, 0.2) is 30.3 Å². The van der Waals surface area contributed by atoms with Crippen molar-refractivity contribution in [2.45, 2.75) is 19.9 Å². The Morgan fingerprint density at radius 1 is 1.08 bits per heavy atom. The predicted molar refractivity (Wildman–Crippen MR) is 95.1 cm³/mol. The third kappa shape index (κ3) is 5.56. The van der Waals surface area contributed by atoms with Crippen LogP contribution in [0, 0.1) is 0 Å². The molecule has 1 atom stereocenters. The minimum Gasteiger partial charge on any atom is -0.355 e. The molecule has 1 heterocycles. The number of nitrogens with zero attached hydrogens (tertiary/aromatic N) is 2. The summed E-state index contributed by atoms with van der Waals surface area (Å²) in [6, 6.07) is 8.66. The first-order valence-corrected chi connectivity index (χ1v) is 8.65. The number of carbonyl (C=O) groups excluding carboxylic acids is 3. The smallest absolute Gasteiger partial charge is 0.253 e. The molecule has 1 aliphatic rings. The zero-order valence-electron chi connectivity index (χ0n) is 14.8. The minimum absolute atomic E-state index is 0.0227. The molecule has 0 bridgehead atoms. The summed E-state index contributed by atoms with van der Waals surface area (Å²) in [5.41, 5.74) is 0.685. The van der Waals surface area contributed by atoms with Gasteiger partial charge in [0.25, 0.3) is 5.91 Å². The van der Waals surface area contributed by atoms with Crippen molar-refractivity contribution in [1.29, 1.82) is 0 Å². The number of piperazine rings is 1. The van der Waals surface area contributed by atoms with Crippen LogP contribution in [0.4, 0.5) is 0 Å². The summed E-state index contributed by atoms with van der Waals surface area (Å²) < 4.78 is 0. The van der Waals surface area contributed by atoms with E-state index in [-0.39, 0.29) is 24.3 Å². The molecule has 1 aromatic carbocycles. The Morgan fingerprint density at radius 2 is 1.72 bits per heavy atom. The molecule has 0 aliphatic carbocycles. The summed E-state index contributed by atoms with van der Waals surface area (Å²) in [5, 5.41) is 5.38. The number of likely N-dealkylation sites (N-methyl/N-ethyl adjacent to an activating group) is 1. The fourth-order valence-corrected chi connectivity index (χ4v) is 2.76. The largest absolute Gasteiger partial charge is 0.355 e. The fourth-order valence-electron chi connectivity index (χ4n) is 2.76. The summed E-state index contributed by atoms with van der Waals surface area (Å²) in [6.45, 7) is 6.73. The van der Waals surface area contributed by atoms with E-state index in [4.69, 9.17) is 0 Å². The van der Waals surface area contributed by atoms with Crippen LogP contribution >= 0.6 is 0 Å². The number of carbonyl (C=O) groups is 3. The maximum absolute atomic E-state index is 12.4. The van der Waals surface area contributed by atoms with Crippen LogP contribution in [0.1, 0.15) is 24.2 Å². The van der Waals surface area contributed by atoms with Crippen molar-refractivity contribution in [2.24, 2.45) is 0 Å². The van der Waals surface area contributed by atoms with Gasteiger partial charge in [0.1, 0.15) is 6.04 Å². The first-order chi connectivity index (χ1) is 12.0. The van der Waals surface area contributed by atoms with Crippen LogP contribution in [-0.4, -0.2) is 72.8 Å². The number of benzene rings is 1. The molecule has 7 nitrogen and oxygen atoms in total. The summed E-state index contributed by atoms with van der Waals surface area (Å²) in [4.78, 5) is 39.9. The van der Waals surface area contributed by atoms with Crippen LogP contribution in [-0.2, 0) is 9.59 Å². The van der Waals surface area contributed by atoms with Crippen LogP contribution in [0.25, 0.3) is 0 Å². The first kappa shape index (κ1) is 18.9. The number of amides is 3. The minimum atomic E-state index is -0.548. The van der Waals surface area contributed by atoms with Crippen molar-refractivity contribution in [3.63, 3.8) is 0 Å². The zero-order valence-corrected chi connectivity index (χ0v) is 14.8. The Bertz CT molecular complexity index is 598. The number of nitrogens with one attached hydrogen (secondary N) is 2. The maximum atomic E-state index is 12.4. The molecule has 2 rings (SSSR count). The normalized spacial score (nSPS) is 16.2. The van der Waals surface area contributed by atoms with Crippen LogP contribution in [0.5, 0.6) is 0 Å². The highest BCUT2D eigenvalue weighted by Crippen LogP contribution is 2.08. The van der Waals surface area contributed by atoms with E-state index in [1.807, 2.05) is 42.2 Å². The van der Waals surface area contributed by atoms with Crippen molar-refractivity contribution in [2.75, 3.05) is 39.3 Å². The molecule has 0 unspecified atom stereocenters. The Labute approximate surface area is 148 Å². The second-order valence-electron chi connectivity index (χ2n) is 6.12. The molecule has 0 aromatic heterocycles. The molecule has 3 amide bonds. The van der Waals surface area contributed by atoms with Gasteiger partial charge < -0.3 is 15.5 Å². The third-order valence-corrected chi connectivity index (χ3v) is 4.17. The molecule has 1 aliphatic heterocycles. The van der Waals surface area contributed by atoms with Gasteiger partial charge in [-0.1, -0.05) is 18.2 Å². The van der Waals surface area contributed by atoms with Crippen molar-refractivity contribution >= 4 is 17.7 Å². The van der Waals surface area contributed by atoms with Crippen LogP contribution in [0.2, 0.25) is 0 Å². The summed E-state index contributed by atoms with van der Waals surface area (Å²) >= 11 is 0. The lowest BCUT2D eigenvalue weighted by atomic mass is 10.2. The molecule has 0 radical (unpaired) electrons. The maximum Gasteiger partial charge on any atom is 0.253 e. The lowest BCUT2D eigenvalue weighted by Gasteiger charge is -2.34. The van der Waals surface area contributed by atoms with Crippen molar-refractivity contribution in [3.05, 3.63) is 35.9 Å². The van der Waals surface area contributed by atoms with Gasteiger partial charge >= 0.3 is 0 Å². The zero-order chi connectivity index (χ0) is 18.2. The average molecular weight is 346 g/mol. The standard InChI is InChI=1S/C18H26N4O3/c1-3-19-17(24)14(2)20-16(23)13-21-9-11-22(12-10-21)18(25)15-7-5-4-6-8-15/h4-8,14H,3,9-13H2,1-2H3,(H,19,24)(H,20,23)/t14-/m1/s1. The van der Waals surface area contributed by atoms with Gasteiger partial charge in [-0.15, -0.1) is 0 Å². The van der Waals surface area contributed by atoms with Gasteiger partial charge in [0.15, 0.2) is 0 Å². The molecule has 25 heavy (non-hydrogen) atoms. The molecule has 1 aromatic rings. The highest BCUT2D eigenvalue weighted by atomic mass is 16.2. The Hall–Kier alpha value is -2.41. The molecule has 2 N–H and O–H groups in total. The quantitative estimate of drug-likeness (QED) is 0.765. The molecule has 136 valence electrons. The number of hydrogen-bond acceptors (Lipinski definition) is 4. The number of rotatable bonds is 6. The van der Waals surface area contributed by atoms with E-state index >= 15 is 0 Å². The van der Waals surface area contributed by atoms with Crippen molar-refractivity contribution in [1.82, 2.24) is 20.4 Å². The summed E-state index contributed by atoms with van der Waals surface area (Å²) in [7, 11) is 0. The van der Waals surface area contributed by atoms with E-state index in [2.05, 4.69) is 10.6 Å². The van der Waals surface area contributed by atoms with Gasteiger partial charge in [-0.3, -0.25) is 19.3 Å². The lowest BCUT2D eigenvalue weighted by molar-refractivity contribution is -0.129. The fraction of sp³-hybridized carbons (Fsp3) is 0.500. The van der Waals surface area contributed by atoms with E-state index in [1.165, 1.54) is 0 Å². The molecular weight excluding hydrogens is 320 g/mol. The first-order valence-electron chi connectivity index (χ1n) is 8.65. The summed E-state index contributed by atoms with van der Waals surface area (Å²) in [5.74, 6) is -0.342.